The Morgan fingerprint density at radius 1 is 1.22 bits per heavy atom. The predicted octanol–water partition coefficient (Wildman–Crippen LogP) is 3.52. The van der Waals surface area contributed by atoms with Crippen LogP contribution in [0.15, 0.2) is 41.0 Å². The summed E-state index contributed by atoms with van der Waals surface area (Å²) in [5.41, 5.74) is 3.85. The summed E-state index contributed by atoms with van der Waals surface area (Å²) >= 11 is 3.62. The number of nitrogens with zero attached hydrogens (tertiary/aromatic N) is 3. The number of aromatic nitrogens is 2. The molecular weight excluding hydrogens is 352 g/mol. The number of hydrogen-bond acceptors (Lipinski definition) is 3. The van der Waals surface area contributed by atoms with E-state index in [9.17, 15) is 0 Å². The zero-order valence-corrected chi connectivity index (χ0v) is 14.9. The van der Waals surface area contributed by atoms with Crippen LogP contribution >= 0.6 is 15.9 Å². The molecule has 3 heterocycles. The second-order valence-corrected chi connectivity index (χ2v) is 7.21. The van der Waals surface area contributed by atoms with E-state index in [0.717, 1.165) is 37.1 Å². The molecule has 0 aliphatic carbocycles. The first-order chi connectivity index (χ1) is 11.2. The van der Waals surface area contributed by atoms with Crippen LogP contribution in [0.1, 0.15) is 24.8 Å². The van der Waals surface area contributed by atoms with Crippen LogP contribution in [0.5, 0.6) is 0 Å². The summed E-state index contributed by atoms with van der Waals surface area (Å²) in [5, 5.41) is 8.07. The van der Waals surface area contributed by atoms with Crippen molar-refractivity contribution in [2.24, 2.45) is 0 Å². The highest BCUT2D eigenvalue weighted by Gasteiger charge is 2.23. The highest BCUT2D eigenvalue weighted by atomic mass is 79.9. The van der Waals surface area contributed by atoms with Gasteiger partial charge < -0.3 is 10.2 Å². The van der Waals surface area contributed by atoms with E-state index in [1.165, 1.54) is 22.6 Å². The molecule has 1 aromatic carbocycles. The van der Waals surface area contributed by atoms with Crippen molar-refractivity contribution < 1.29 is 0 Å². The number of fused-ring (bicyclic) bond motifs is 3. The Labute approximate surface area is 145 Å². The fourth-order valence-electron chi connectivity index (χ4n) is 3.52. The summed E-state index contributed by atoms with van der Waals surface area (Å²) in [6, 6.07) is 8.73. The summed E-state index contributed by atoms with van der Waals surface area (Å²) in [6.07, 6.45) is 5.30. The average Bonchev–Trinajstić information content (AvgIpc) is 3.03. The molecule has 0 amide bonds. The molecule has 1 atom stereocenters. The van der Waals surface area contributed by atoms with Gasteiger partial charge in [-0.1, -0.05) is 28.9 Å². The molecule has 0 spiro atoms. The third-order valence-electron chi connectivity index (χ3n) is 4.78. The minimum Gasteiger partial charge on any atom is -0.354 e. The Kier molecular flexibility index (Phi) is 3.99. The maximum absolute atomic E-state index is 4.64. The van der Waals surface area contributed by atoms with E-state index in [1.54, 1.807) is 0 Å². The summed E-state index contributed by atoms with van der Waals surface area (Å²) in [6.45, 7) is 6.44. The molecule has 1 aromatic heterocycles. The van der Waals surface area contributed by atoms with E-state index in [2.05, 4.69) is 73.2 Å². The second-order valence-electron chi connectivity index (χ2n) is 6.30. The molecule has 2 aliphatic heterocycles. The maximum Gasteiger partial charge on any atom is 0.126 e. The molecule has 4 rings (SSSR count). The summed E-state index contributed by atoms with van der Waals surface area (Å²) in [7, 11) is 0. The predicted molar refractivity (Wildman–Crippen MR) is 97.1 cm³/mol. The zero-order chi connectivity index (χ0) is 15.8. The van der Waals surface area contributed by atoms with Crippen LogP contribution in [-0.4, -0.2) is 40.9 Å². The smallest absolute Gasteiger partial charge is 0.126 e. The van der Waals surface area contributed by atoms with Crippen molar-refractivity contribution in [3.8, 4) is 11.3 Å². The summed E-state index contributed by atoms with van der Waals surface area (Å²) in [5.74, 6) is 1.73. The summed E-state index contributed by atoms with van der Waals surface area (Å²) < 4.78 is 3.23. The molecule has 2 aromatic rings. The van der Waals surface area contributed by atoms with Crippen LogP contribution in [0, 0.1) is 0 Å². The standard InChI is InChI=1S/C18H21BrN4/c1-13-2-5-18(22-10-8-20-9-11-22)23-17(6-7-21-23)16-12-14(19)3-4-15(13)16/h3-7,12-13,20H,2,8-11H2,1H3. The first kappa shape index (κ1) is 15.0. The number of piperazine rings is 1. The lowest BCUT2D eigenvalue weighted by Crippen LogP contribution is -2.43. The average molecular weight is 373 g/mol. The molecule has 120 valence electrons. The van der Waals surface area contributed by atoms with E-state index >= 15 is 0 Å². The fraction of sp³-hybridized carbons (Fsp3) is 0.389. The summed E-state index contributed by atoms with van der Waals surface area (Å²) in [4.78, 5) is 2.45. The molecule has 1 fully saturated rings. The number of benzene rings is 1. The number of allylic oxidation sites excluding steroid dienone is 1. The van der Waals surface area contributed by atoms with Gasteiger partial charge in [0.2, 0.25) is 0 Å². The van der Waals surface area contributed by atoms with Gasteiger partial charge in [-0.3, -0.25) is 0 Å². The lowest BCUT2D eigenvalue weighted by molar-refractivity contribution is 0.323. The Hall–Kier alpha value is -1.59. The molecule has 5 heteroatoms. The third kappa shape index (κ3) is 2.72. The van der Waals surface area contributed by atoms with Crippen molar-refractivity contribution in [3.63, 3.8) is 0 Å². The number of hydrogen-bond donors (Lipinski definition) is 1. The van der Waals surface area contributed by atoms with Crippen molar-refractivity contribution in [1.82, 2.24) is 20.0 Å². The van der Waals surface area contributed by atoms with Crippen molar-refractivity contribution in [2.75, 3.05) is 26.2 Å². The first-order valence-electron chi connectivity index (χ1n) is 8.24. The maximum atomic E-state index is 4.64. The van der Waals surface area contributed by atoms with Crippen molar-refractivity contribution in [1.29, 1.82) is 0 Å². The Balaban J connectivity index is 1.85. The van der Waals surface area contributed by atoms with Crippen LogP contribution in [-0.2, 0) is 0 Å². The van der Waals surface area contributed by atoms with Crippen LogP contribution in [0.25, 0.3) is 17.1 Å². The molecule has 1 N–H and O–H groups in total. The molecule has 0 radical (unpaired) electrons. The number of nitrogens with one attached hydrogen (secondary N) is 1. The van der Waals surface area contributed by atoms with Gasteiger partial charge in [-0.15, -0.1) is 0 Å². The van der Waals surface area contributed by atoms with E-state index in [0.29, 0.717) is 5.92 Å². The minimum absolute atomic E-state index is 0.500. The Morgan fingerprint density at radius 3 is 2.87 bits per heavy atom. The van der Waals surface area contributed by atoms with Gasteiger partial charge in [0.1, 0.15) is 5.82 Å². The Morgan fingerprint density at radius 2 is 2.04 bits per heavy atom. The van der Waals surface area contributed by atoms with Gasteiger partial charge in [0.15, 0.2) is 0 Å². The lowest BCUT2D eigenvalue weighted by Gasteiger charge is -2.33. The van der Waals surface area contributed by atoms with Crippen molar-refractivity contribution in [3.05, 3.63) is 46.6 Å². The van der Waals surface area contributed by atoms with Gasteiger partial charge in [-0.05, 0) is 42.2 Å². The van der Waals surface area contributed by atoms with Crippen LogP contribution in [0.4, 0.5) is 0 Å². The second kappa shape index (κ2) is 6.13. The first-order valence-corrected chi connectivity index (χ1v) is 9.03. The van der Waals surface area contributed by atoms with Crippen molar-refractivity contribution >= 4 is 21.8 Å². The van der Waals surface area contributed by atoms with Crippen molar-refractivity contribution in [2.45, 2.75) is 19.3 Å². The normalized spacial score (nSPS) is 21.0. The van der Waals surface area contributed by atoms with Crippen LogP contribution in [0.3, 0.4) is 0 Å². The topological polar surface area (TPSA) is 33.1 Å². The monoisotopic (exact) mass is 372 g/mol. The number of halogens is 1. The molecule has 1 saturated heterocycles. The van der Waals surface area contributed by atoms with Gasteiger partial charge in [-0.25, -0.2) is 4.68 Å². The van der Waals surface area contributed by atoms with Gasteiger partial charge in [-0.2, -0.15) is 5.10 Å². The highest BCUT2D eigenvalue weighted by Crippen LogP contribution is 2.37. The molecule has 2 aliphatic rings. The quantitative estimate of drug-likeness (QED) is 0.830. The molecular formula is C18H21BrN4. The SMILES string of the molecule is CC1CC=C(N2CCNCC2)n2nccc2-c2cc(Br)ccc21. The van der Waals surface area contributed by atoms with E-state index < -0.39 is 0 Å². The third-order valence-corrected chi connectivity index (χ3v) is 5.27. The van der Waals surface area contributed by atoms with Gasteiger partial charge in [0.25, 0.3) is 0 Å². The minimum atomic E-state index is 0.500. The highest BCUT2D eigenvalue weighted by molar-refractivity contribution is 9.10. The molecule has 0 saturated carbocycles. The molecule has 1 unspecified atom stereocenters. The van der Waals surface area contributed by atoms with E-state index in [4.69, 9.17) is 0 Å². The molecule has 23 heavy (non-hydrogen) atoms. The largest absolute Gasteiger partial charge is 0.354 e. The van der Waals surface area contributed by atoms with Gasteiger partial charge >= 0.3 is 0 Å². The van der Waals surface area contributed by atoms with Gasteiger partial charge in [0, 0.05) is 36.2 Å². The van der Waals surface area contributed by atoms with E-state index in [-0.39, 0.29) is 0 Å². The fourth-order valence-corrected chi connectivity index (χ4v) is 3.88. The van der Waals surface area contributed by atoms with Crippen LogP contribution < -0.4 is 5.32 Å². The van der Waals surface area contributed by atoms with Gasteiger partial charge in [0.05, 0.1) is 11.9 Å². The Bertz CT molecular complexity index is 743. The number of rotatable bonds is 1. The van der Waals surface area contributed by atoms with E-state index in [1.807, 2.05) is 6.20 Å². The lowest BCUT2D eigenvalue weighted by atomic mass is 9.90. The van der Waals surface area contributed by atoms with Crippen LogP contribution in [0.2, 0.25) is 0 Å². The molecule has 4 nitrogen and oxygen atoms in total. The zero-order valence-electron chi connectivity index (χ0n) is 13.3. The molecule has 0 bridgehead atoms.